The summed E-state index contributed by atoms with van der Waals surface area (Å²) in [6.45, 7) is 1.34. The number of rotatable bonds is 4. The Balaban J connectivity index is 1.35. The number of sulfonamides is 1. The van der Waals surface area contributed by atoms with E-state index >= 15 is 0 Å². The molecule has 2 saturated heterocycles. The van der Waals surface area contributed by atoms with Crippen molar-refractivity contribution >= 4 is 49.1 Å². The molecule has 9 heteroatoms. The van der Waals surface area contributed by atoms with E-state index in [1.54, 1.807) is 23.5 Å². The molecule has 2 aliphatic rings. The molecule has 2 atom stereocenters. The van der Waals surface area contributed by atoms with Crippen molar-refractivity contribution in [2.45, 2.75) is 36.6 Å². The van der Waals surface area contributed by atoms with Gasteiger partial charge in [0.2, 0.25) is 15.9 Å². The maximum absolute atomic E-state index is 13.5. The number of hydrogen-bond donors (Lipinski definition) is 0. The second-order valence-electron chi connectivity index (χ2n) is 8.37. The standard InChI is InChI=1S/C23H24ClN3O3S2/c24-17-9-11-18(12-10-17)32(29,30)26-13-3-5-16(15-26)23(28)27-14-4-7-20(27)22-25-19-6-1-2-8-21(19)31-22/h1-2,6,8-12,16,20H,3-5,7,13-15H2. The van der Waals surface area contributed by atoms with Gasteiger partial charge in [0.25, 0.3) is 0 Å². The van der Waals surface area contributed by atoms with E-state index in [-0.39, 0.29) is 29.3 Å². The number of para-hydroxylation sites is 1. The third-order valence-electron chi connectivity index (χ3n) is 6.32. The van der Waals surface area contributed by atoms with Crippen LogP contribution < -0.4 is 0 Å². The van der Waals surface area contributed by atoms with Crippen LogP contribution in [0.2, 0.25) is 5.02 Å². The van der Waals surface area contributed by atoms with Gasteiger partial charge in [-0.15, -0.1) is 11.3 Å². The van der Waals surface area contributed by atoms with Gasteiger partial charge >= 0.3 is 0 Å². The predicted octanol–water partition coefficient (Wildman–Crippen LogP) is 4.71. The maximum atomic E-state index is 13.5. The smallest absolute Gasteiger partial charge is 0.243 e. The van der Waals surface area contributed by atoms with E-state index in [1.165, 1.54) is 16.4 Å². The minimum Gasteiger partial charge on any atom is -0.333 e. The summed E-state index contributed by atoms with van der Waals surface area (Å²) in [5.41, 5.74) is 0.963. The van der Waals surface area contributed by atoms with E-state index in [0.29, 0.717) is 31.0 Å². The first-order valence-corrected chi connectivity index (χ1v) is 13.5. The molecule has 2 unspecified atom stereocenters. The van der Waals surface area contributed by atoms with Gasteiger partial charge in [-0.1, -0.05) is 23.7 Å². The van der Waals surface area contributed by atoms with Crippen molar-refractivity contribution in [2.24, 2.45) is 5.92 Å². The minimum atomic E-state index is -3.66. The zero-order valence-corrected chi connectivity index (χ0v) is 19.9. The second-order valence-corrected chi connectivity index (χ2v) is 11.8. The van der Waals surface area contributed by atoms with E-state index in [9.17, 15) is 13.2 Å². The molecule has 0 spiro atoms. The molecular weight excluding hydrogens is 466 g/mol. The lowest BCUT2D eigenvalue weighted by Gasteiger charge is -2.34. The molecule has 0 radical (unpaired) electrons. The van der Waals surface area contributed by atoms with E-state index in [1.807, 2.05) is 23.1 Å². The molecule has 2 fully saturated rings. The Morgan fingerprint density at radius 2 is 1.78 bits per heavy atom. The number of carbonyl (C=O) groups is 1. The number of hydrogen-bond acceptors (Lipinski definition) is 5. The van der Waals surface area contributed by atoms with Crippen molar-refractivity contribution in [3.8, 4) is 0 Å². The van der Waals surface area contributed by atoms with Crippen molar-refractivity contribution < 1.29 is 13.2 Å². The van der Waals surface area contributed by atoms with Crippen LogP contribution in [-0.4, -0.2) is 48.1 Å². The molecule has 0 aliphatic carbocycles. The first-order valence-electron chi connectivity index (χ1n) is 10.8. The van der Waals surface area contributed by atoms with E-state index in [4.69, 9.17) is 16.6 Å². The Hall–Kier alpha value is -2.00. The van der Waals surface area contributed by atoms with Gasteiger partial charge in [-0.05, 0) is 62.1 Å². The first kappa shape index (κ1) is 21.8. The van der Waals surface area contributed by atoms with Crippen LogP contribution in [0.3, 0.4) is 0 Å². The summed E-state index contributed by atoms with van der Waals surface area (Å²) < 4.78 is 28.8. The molecule has 0 saturated carbocycles. The number of benzene rings is 2. The highest BCUT2D eigenvalue weighted by Gasteiger charge is 2.39. The van der Waals surface area contributed by atoms with Crippen molar-refractivity contribution in [3.63, 3.8) is 0 Å². The fourth-order valence-electron chi connectivity index (χ4n) is 4.67. The maximum Gasteiger partial charge on any atom is 0.243 e. The number of thiazole rings is 1. The largest absolute Gasteiger partial charge is 0.333 e. The number of likely N-dealkylation sites (tertiary alicyclic amines) is 1. The summed E-state index contributed by atoms with van der Waals surface area (Å²) in [6, 6.07) is 14.2. The highest BCUT2D eigenvalue weighted by Crippen LogP contribution is 2.38. The average molecular weight is 490 g/mol. The molecule has 1 aromatic heterocycles. The summed E-state index contributed by atoms with van der Waals surface area (Å²) in [4.78, 5) is 20.4. The quantitative estimate of drug-likeness (QED) is 0.532. The Morgan fingerprint density at radius 3 is 2.56 bits per heavy atom. The molecule has 5 rings (SSSR count). The zero-order chi connectivity index (χ0) is 22.3. The monoisotopic (exact) mass is 489 g/mol. The number of halogens is 1. The van der Waals surface area contributed by atoms with E-state index in [2.05, 4.69) is 6.07 Å². The fraction of sp³-hybridized carbons (Fsp3) is 0.391. The molecule has 168 valence electrons. The Labute approximate surface area is 196 Å². The number of aromatic nitrogens is 1. The van der Waals surface area contributed by atoms with Gasteiger partial charge < -0.3 is 4.90 Å². The highest BCUT2D eigenvalue weighted by atomic mass is 35.5. The van der Waals surface area contributed by atoms with Crippen LogP contribution in [0, 0.1) is 5.92 Å². The molecule has 32 heavy (non-hydrogen) atoms. The van der Waals surface area contributed by atoms with Gasteiger partial charge in [-0.25, -0.2) is 13.4 Å². The summed E-state index contributed by atoms with van der Waals surface area (Å²) >= 11 is 7.56. The Morgan fingerprint density at radius 1 is 1.03 bits per heavy atom. The molecule has 0 bridgehead atoms. The molecule has 2 aliphatic heterocycles. The van der Waals surface area contributed by atoms with Crippen LogP contribution in [0.1, 0.15) is 36.7 Å². The van der Waals surface area contributed by atoms with E-state index in [0.717, 1.165) is 28.1 Å². The molecule has 2 aromatic carbocycles. The highest BCUT2D eigenvalue weighted by molar-refractivity contribution is 7.89. The first-order chi connectivity index (χ1) is 15.4. The predicted molar refractivity (Wildman–Crippen MR) is 126 cm³/mol. The van der Waals surface area contributed by atoms with Crippen molar-refractivity contribution in [1.82, 2.24) is 14.2 Å². The molecule has 3 aromatic rings. The minimum absolute atomic E-state index is 0.0249. The Kier molecular flexibility index (Phi) is 5.96. The lowest BCUT2D eigenvalue weighted by molar-refractivity contribution is -0.137. The van der Waals surface area contributed by atoms with Crippen LogP contribution in [0.25, 0.3) is 10.2 Å². The summed E-state index contributed by atoms with van der Waals surface area (Å²) in [5, 5.41) is 1.46. The zero-order valence-electron chi connectivity index (χ0n) is 17.5. The average Bonchev–Trinajstić information content (AvgIpc) is 3.46. The number of fused-ring (bicyclic) bond motifs is 1. The molecule has 0 N–H and O–H groups in total. The van der Waals surface area contributed by atoms with Gasteiger partial charge in [0.1, 0.15) is 5.01 Å². The van der Waals surface area contributed by atoms with Gasteiger partial charge in [0.05, 0.1) is 27.1 Å². The van der Waals surface area contributed by atoms with Crippen molar-refractivity contribution in [1.29, 1.82) is 0 Å². The molecular formula is C23H24ClN3O3S2. The fourth-order valence-corrected chi connectivity index (χ4v) is 7.44. The number of amides is 1. The van der Waals surface area contributed by atoms with Crippen LogP contribution in [0.5, 0.6) is 0 Å². The van der Waals surface area contributed by atoms with Crippen LogP contribution >= 0.6 is 22.9 Å². The van der Waals surface area contributed by atoms with Crippen LogP contribution in [0.15, 0.2) is 53.4 Å². The summed E-state index contributed by atoms with van der Waals surface area (Å²) in [5.74, 6) is -0.288. The van der Waals surface area contributed by atoms with Crippen molar-refractivity contribution in [3.05, 3.63) is 58.6 Å². The lowest BCUT2D eigenvalue weighted by atomic mass is 9.97. The number of piperidine rings is 1. The van der Waals surface area contributed by atoms with Gasteiger partial charge in [0.15, 0.2) is 0 Å². The van der Waals surface area contributed by atoms with Gasteiger partial charge in [0, 0.05) is 24.7 Å². The molecule has 1 amide bonds. The molecule has 3 heterocycles. The molecule has 6 nitrogen and oxygen atoms in total. The third-order valence-corrected chi connectivity index (χ3v) is 9.59. The van der Waals surface area contributed by atoms with Gasteiger partial charge in [-0.3, -0.25) is 4.79 Å². The van der Waals surface area contributed by atoms with Gasteiger partial charge in [-0.2, -0.15) is 4.31 Å². The van der Waals surface area contributed by atoms with E-state index < -0.39 is 10.0 Å². The van der Waals surface area contributed by atoms with Crippen molar-refractivity contribution in [2.75, 3.05) is 19.6 Å². The van der Waals surface area contributed by atoms with Crippen LogP contribution in [-0.2, 0) is 14.8 Å². The Bertz CT molecular complexity index is 1210. The summed E-state index contributed by atoms with van der Waals surface area (Å²) in [6.07, 6.45) is 3.20. The third kappa shape index (κ3) is 4.05. The topological polar surface area (TPSA) is 70.6 Å². The lowest BCUT2D eigenvalue weighted by Crippen LogP contribution is -2.46. The normalized spacial score (nSPS) is 22.5. The second kappa shape index (κ2) is 8.74. The summed E-state index contributed by atoms with van der Waals surface area (Å²) in [7, 11) is -3.66. The van der Waals surface area contributed by atoms with Crippen LogP contribution in [0.4, 0.5) is 0 Å². The number of nitrogens with zero attached hydrogens (tertiary/aromatic N) is 3. The SMILES string of the molecule is O=C(C1CCCN(S(=O)(=O)c2ccc(Cl)cc2)C1)N1CCCC1c1nc2ccccc2s1. The number of carbonyl (C=O) groups excluding carboxylic acids is 1.